The first-order chi connectivity index (χ1) is 12.1. The molecule has 0 aliphatic rings. The van der Waals surface area contributed by atoms with Crippen molar-refractivity contribution in [3.63, 3.8) is 0 Å². The van der Waals surface area contributed by atoms with Gasteiger partial charge in [-0.1, -0.05) is 53.2 Å². The van der Waals surface area contributed by atoms with E-state index < -0.39 is 0 Å². The normalized spacial score (nSPS) is 10.6. The fraction of sp³-hybridized carbons (Fsp3) is 0.118. The molecule has 1 N–H and O–H groups in total. The molecule has 1 heterocycles. The number of rotatable bonds is 6. The van der Waals surface area contributed by atoms with Gasteiger partial charge in [0, 0.05) is 22.2 Å². The molecule has 0 saturated heterocycles. The van der Waals surface area contributed by atoms with Gasteiger partial charge < -0.3 is 9.73 Å². The Balaban J connectivity index is 1.51. The summed E-state index contributed by atoms with van der Waals surface area (Å²) in [5.74, 6) is 0.416. The molecule has 0 fully saturated rings. The average molecular weight is 394 g/mol. The standard InChI is InChI=1S/C17H13Cl2N3O2S/c18-13-7-5-11(6-8-13)16-21-22-17(24-16)25-10-15(23)20-9-12-3-1-2-4-14(12)19/h1-8H,9-10H2,(H,20,23). The molecule has 25 heavy (non-hydrogen) atoms. The molecule has 3 aromatic rings. The Labute approximate surface area is 158 Å². The minimum atomic E-state index is -0.142. The molecule has 0 aliphatic carbocycles. The van der Waals surface area contributed by atoms with Crippen LogP contribution in [0.2, 0.25) is 10.0 Å². The summed E-state index contributed by atoms with van der Waals surface area (Å²) < 4.78 is 5.54. The zero-order valence-corrected chi connectivity index (χ0v) is 15.2. The number of nitrogens with one attached hydrogen (secondary N) is 1. The first kappa shape index (κ1) is 17.8. The molecule has 1 aromatic heterocycles. The third-order valence-corrected chi connectivity index (χ3v) is 4.70. The maximum atomic E-state index is 11.9. The van der Waals surface area contributed by atoms with E-state index in [0.717, 1.165) is 11.1 Å². The van der Waals surface area contributed by atoms with Gasteiger partial charge in [-0.15, -0.1) is 10.2 Å². The first-order valence-corrected chi connectivity index (χ1v) is 9.08. The van der Waals surface area contributed by atoms with Crippen molar-refractivity contribution in [3.8, 4) is 11.5 Å². The van der Waals surface area contributed by atoms with Gasteiger partial charge in [-0.25, -0.2) is 0 Å². The topological polar surface area (TPSA) is 68.0 Å². The molecule has 0 aliphatic heterocycles. The van der Waals surface area contributed by atoms with Gasteiger partial charge in [0.2, 0.25) is 11.8 Å². The Hall–Kier alpha value is -2.02. The fourth-order valence-corrected chi connectivity index (χ4v) is 2.91. The van der Waals surface area contributed by atoms with Gasteiger partial charge in [0.05, 0.1) is 5.75 Å². The number of hydrogen-bond acceptors (Lipinski definition) is 5. The SMILES string of the molecule is O=C(CSc1nnc(-c2ccc(Cl)cc2)o1)NCc1ccccc1Cl. The summed E-state index contributed by atoms with van der Waals surface area (Å²) in [5, 5.41) is 12.3. The number of nitrogens with zero attached hydrogens (tertiary/aromatic N) is 2. The van der Waals surface area contributed by atoms with Crippen LogP contribution in [0.5, 0.6) is 0 Å². The van der Waals surface area contributed by atoms with E-state index in [1.165, 1.54) is 11.8 Å². The van der Waals surface area contributed by atoms with Crippen molar-refractivity contribution in [3.05, 3.63) is 64.1 Å². The highest BCUT2D eigenvalue weighted by molar-refractivity contribution is 7.99. The number of amides is 1. The molecule has 1 amide bonds. The average Bonchev–Trinajstić information content (AvgIpc) is 3.09. The van der Waals surface area contributed by atoms with Crippen LogP contribution in [-0.2, 0) is 11.3 Å². The van der Waals surface area contributed by atoms with E-state index in [0.29, 0.717) is 27.7 Å². The molecule has 0 radical (unpaired) electrons. The maximum Gasteiger partial charge on any atom is 0.277 e. The Kier molecular flexibility index (Phi) is 5.96. The summed E-state index contributed by atoms with van der Waals surface area (Å²) in [6.07, 6.45) is 0. The van der Waals surface area contributed by atoms with Crippen molar-refractivity contribution >= 4 is 40.9 Å². The smallest absolute Gasteiger partial charge is 0.277 e. The molecule has 0 spiro atoms. The lowest BCUT2D eigenvalue weighted by Crippen LogP contribution is -2.24. The van der Waals surface area contributed by atoms with Gasteiger partial charge in [-0.3, -0.25) is 4.79 Å². The molecule has 3 rings (SSSR count). The van der Waals surface area contributed by atoms with Gasteiger partial charge in [-0.05, 0) is 35.9 Å². The molecule has 0 saturated carbocycles. The maximum absolute atomic E-state index is 11.9. The molecule has 0 unspecified atom stereocenters. The van der Waals surface area contributed by atoms with Gasteiger partial charge >= 0.3 is 0 Å². The number of carbonyl (C=O) groups excluding carboxylic acids is 1. The number of aromatic nitrogens is 2. The monoisotopic (exact) mass is 393 g/mol. The first-order valence-electron chi connectivity index (χ1n) is 7.34. The highest BCUT2D eigenvalue weighted by Crippen LogP contribution is 2.24. The summed E-state index contributed by atoms with van der Waals surface area (Å²) in [5.41, 5.74) is 1.64. The molecule has 0 bridgehead atoms. The second-order valence-electron chi connectivity index (χ2n) is 5.04. The van der Waals surface area contributed by atoms with E-state index in [-0.39, 0.29) is 11.7 Å². The number of thioether (sulfide) groups is 1. The van der Waals surface area contributed by atoms with Crippen LogP contribution < -0.4 is 5.32 Å². The van der Waals surface area contributed by atoms with Crippen LogP contribution in [0.3, 0.4) is 0 Å². The molecule has 128 valence electrons. The summed E-state index contributed by atoms with van der Waals surface area (Å²) in [7, 11) is 0. The predicted molar refractivity (Wildman–Crippen MR) is 98.8 cm³/mol. The van der Waals surface area contributed by atoms with Gasteiger partial charge in [0.15, 0.2) is 0 Å². The van der Waals surface area contributed by atoms with E-state index in [1.54, 1.807) is 30.3 Å². The van der Waals surface area contributed by atoms with Crippen molar-refractivity contribution in [2.24, 2.45) is 0 Å². The van der Waals surface area contributed by atoms with Crippen molar-refractivity contribution in [2.75, 3.05) is 5.75 Å². The second-order valence-corrected chi connectivity index (χ2v) is 6.81. The van der Waals surface area contributed by atoms with Crippen LogP contribution in [0.15, 0.2) is 58.2 Å². The third kappa shape index (κ3) is 4.98. The van der Waals surface area contributed by atoms with Crippen molar-refractivity contribution in [1.82, 2.24) is 15.5 Å². The van der Waals surface area contributed by atoms with E-state index in [9.17, 15) is 4.79 Å². The fourth-order valence-electron chi connectivity index (χ4n) is 1.99. The van der Waals surface area contributed by atoms with Crippen LogP contribution in [0, 0.1) is 0 Å². The molecule has 2 aromatic carbocycles. The van der Waals surface area contributed by atoms with Crippen LogP contribution in [-0.4, -0.2) is 21.9 Å². The van der Waals surface area contributed by atoms with Crippen molar-refractivity contribution in [2.45, 2.75) is 11.8 Å². The third-order valence-electron chi connectivity index (χ3n) is 3.26. The van der Waals surface area contributed by atoms with Crippen LogP contribution in [0.4, 0.5) is 0 Å². The van der Waals surface area contributed by atoms with Gasteiger partial charge in [0.1, 0.15) is 0 Å². The van der Waals surface area contributed by atoms with Crippen LogP contribution in [0.1, 0.15) is 5.56 Å². The number of halogens is 2. The van der Waals surface area contributed by atoms with E-state index in [2.05, 4.69) is 15.5 Å². The Morgan fingerprint density at radius 3 is 2.60 bits per heavy atom. The lowest BCUT2D eigenvalue weighted by Gasteiger charge is -2.05. The second kappa shape index (κ2) is 8.38. The summed E-state index contributed by atoms with van der Waals surface area (Å²) in [6.45, 7) is 0.374. The zero-order chi connectivity index (χ0) is 17.6. The van der Waals surface area contributed by atoms with Gasteiger partial charge in [0.25, 0.3) is 5.22 Å². The quantitative estimate of drug-likeness (QED) is 0.626. The predicted octanol–water partition coefficient (Wildman–Crippen LogP) is 4.45. The summed E-state index contributed by atoms with van der Waals surface area (Å²) in [4.78, 5) is 11.9. The highest BCUT2D eigenvalue weighted by Gasteiger charge is 2.11. The molecule has 8 heteroatoms. The van der Waals surface area contributed by atoms with Crippen LogP contribution in [0.25, 0.3) is 11.5 Å². The van der Waals surface area contributed by atoms with Crippen LogP contribution >= 0.6 is 35.0 Å². The molecule has 0 atom stereocenters. The van der Waals surface area contributed by atoms with Gasteiger partial charge in [-0.2, -0.15) is 0 Å². The lowest BCUT2D eigenvalue weighted by atomic mass is 10.2. The Morgan fingerprint density at radius 2 is 1.84 bits per heavy atom. The van der Waals surface area contributed by atoms with Crippen molar-refractivity contribution in [1.29, 1.82) is 0 Å². The Morgan fingerprint density at radius 1 is 1.08 bits per heavy atom. The number of carbonyl (C=O) groups is 1. The van der Waals surface area contributed by atoms with E-state index in [1.807, 2.05) is 18.2 Å². The lowest BCUT2D eigenvalue weighted by molar-refractivity contribution is -0.118. The number of benzene rings is 2. The minimum absolute atomic E-state index is 0.142. The van der Waals surface area contributed by atoms with E-state index >= 15 is 0 Å². The van der Waals surface area contributed by atoms with E-state index in [4.69, 9.17) is 27.6 Å². The molecular formula is C17H13Cl2N3O2S. The summed E-state index contributed by atoms with van der Waals surface area (Å²) in [6, 6.07) is 14.4. The molecule has 5 nitrogen and oxygen atoms in total. The zero-order valence-electron chi connectivity index (χ0n) is 12.9. The molecular weight excluding hydrogens is 381 g/mol. The van der Waals surface area contributed by atoms with Crippen molar-refractivity contribution < 1.29 is 9.21 Å². The number of hydrogen-bond donors (Lipinski definition) is 1. The largest absolute Gasteiger partial charge is 0.411 e. The highest BCUT2D eigenvalue weighted by atomic mass is 35.5. The Bertz CT molecular complexity index is 868. The summed E-state index contributed by atoms with van der Waals surface area (Å²) >= 11 is 13.1. The minimum Gasteiger partial charge on any atom is -0.411 e.